The summed E-state index contributed by atoms with van der Waals surface area (Å²) in [5.41, 5.74) is -0.115. The van der Waals surface area contributed by atoms with Crippen molar-refractivity contribution in [2.24, 2.45) is 0 Å². The first kappa shape index (κ1) is 29.9. The Morgan fingerprint density at radius 3 is 2.58 bits per heavy atom. The van der Waals surface area contributed by atoms with E-state index in [1.807, 2.05) is 0 Å². The number of benzene rings is 2. The van der Waals surface area contributed by atoms with E-state index in [1.165, 1.54) is 30.2 Å². The van der Waals surface area contributed by atoms with Gasteiger partial charge in [0.25, 0.3) is 11.8 Å². The van der Waals surface area contributed by atoms with Crippen molar-refractivity contribution in [1.29, 1.82) is 0 Å². The highest BCUT2D eigenvalue weighted by Crippen LogP contribution is 2.32. The van der Waals surface area contributed by atoms with Gasteiger partial charge in [-0.05, 0) is 54.6 Å². The molecule has 3 aromatic rings. The molecule has 3 amide bonds. The molecule has 4 heterocycles. The number of hydrogen-bond acceptors (Lipinski definition) is 8. The summed E-state index contributed by atoms with van der Waals surface area (Å²) in [6.07, 6.45) is 0. The zero-order valence-corrected chi connectivity index (χ0v) is 25.0. The monoisotopic (exact) mass is 612 g/mol. The highest BCUT2D eigenvalue weighted by Gasteiger charge is 2.45. The van der Waals surface area contributed by atoms with Gasteiger partial charge >= 0.3 is 0 Å². The number of carbonyl (C=O) groups excluding carboxylic acids is 3. The molecule has 0 bridgehead atoms. The molecule has 45 heavy (non-hydrogen) atoms. The van der Waals surface area contributed by atoms with Crippen molar-refractivity contribution < 1.29 is 28.6 Å². The van der Waals surface area contributed by atoms with Crippen molar-refractivity contribution in [3.8, 4) is 34.6 Å². The molecule has 2 aromatic carbocycles. The van der Waals surface area contributed by atoms with Gasteiger partial charge in [0.1, 0.15) is 28.8 Å². The number of carbonyl (C=O) groups is 3. The predicted octanol–water partition coefficient (Wildman–Crippen LogP) is 1.74. The van der Waals surface area contributed by atoms with Crippen LogP contribution in [0.3, 0.4) is 0 Å². The number of nitrogens with zero attached hydrogens (tertiary/aromatic N) is 4. The molecular formula is C33H33FN6O5. The van der Waals surface area contributed by atoms with Crippen molar-refractivity contribution in [1.82, 2.24) is 25.4 Å². The maximum absolute atomic E-state index is 15.5. The number of likely N-dealkylation sites (N-methyl/N-ethyl adjacent to an activating group) is 1. The maximum Gasteiger partial charge on any atom is 0.260 e. The number of pyridine rings is 1. The zero-order chi connectivity index (χ0) is 31.7. The Balaban J connectivity index is 1.26. The Morgan fingerprint density at radius 2 is 1.84 bits per heavy atom. The van der Waals surface area contributed by atoms with Gasteiger partial charge in [-0.1, -0.05) is 24.8 Å². The number of aromatic nitrogens is 1. The molecule has 0 spiro atoms. The number of hydrogen-bond donors (Lipinski definition) is 3. The van der Waals surface area contributed by atoms with Crippen LogP contribution in [0.15, 0.2) is 48.5 Å². The van der Waals surface area contributed by atoms with Crippen LogP contribution in [0.1, 0.15) is 28.4 Å². The van der Waals surface area contributed by atoms with Crippen LogP contribution in [0.5, 0.6) is 11.5 Å². The van der Waals surface area contributed by atoms with Crippen LogP contribution in [0.4, 0.5) is 10.2 Å². The summed E-state index contributed by atoms with van der Waals surface area (Å²) in [6.45, 7) is 6.21. The Morgan fingerprint density at radius 1 is 1.04 bits per heavy atom. The van der Waals surface area contributed by atoms with E-state index in [0.29, 0.717) is 17.1 Å². The molecule has 3 aliphatic rings. The van der Waals surface area contributed by atoms with Gasteiger partial charge < -0.3 is 35.2 Å². The average molecular weight is 613 g/mol. The van der Waals surface area contributed by atoms with E-state index < -0.39 is 23.2 Å². The number of halogens is 1. The number of methoxy groups -OCH3 is 1. The summed E-state index contributed by atoms with van der Waals surface area (Å²) >= 11 is 0. The van der Waals surface area contributed by atoms with E-state index in [9.17, 15) is 19.5 Å². The number of piperazine rings is 2. The lowest BCUT2D eigenvalue weighted by molar-refractivity contribution is -0.136. The average Bonchev–Trinajstić information content (AvgIpc) is 3.36. The Hall–Kier alpha value is -5.15. The van der Waals surface area contributed by atoms with E-state index in [-0.39, 0.29) is 48.1 Å². The second-order valence-electron chi connectivity index (χ2n) is 11.2. The number of fused-ring (bicyclic) bond motifs is 1. The summed E-state index contributed by atoms with van der Waals surface area (Å²) < 4.78 is 20.8. The molecule has 3 aliphatic heterocycles. The van der Waals surface area contributed by atoms with Crippen LogP contribution in [0.25, 0.3) is 11.3 Å². The highest BCUT2D eigenvalue weighted by molar-refractivity contribution is 6.03. The highest BCUT2D eigenvalue weighted by atomic mass is 19.1. The standard InChI is InChI=1S/C33H33FN6O5/c1-3-38-12-14-39(15-13-38)28-9-8-27(41)30(36-28)24-7-4-21(16-26(24)34)10-11-33(32(44)35-18-29(42)37-33)20-40-19-22-5-6-23(45-2)17-25(22)31(40)43/h4-9,16-17,41H,3,12-15,18-20H2,1-2H3,(H,35,44)(H,37,42). The Bertz CT molecular complexity index is 1750. The third kappa shape index (κ3) is 5.86. The molecule has 1 atom stereocenters. The summed E-state index contributed by atoms with van der Waals surface area (Å²) in [4.78, 5) is 49.3. The SMILES string of the molecule is CCN1CCN(c2ccc(O)c(-c3ccc(C#CC4(CN5Cc6ccc(OC)cc6C5=O)NC(=O)CNC4=O)cc3F)n2)CC1. The van der Waals surface area contributed by atoms with Gasteiger partial charge in [-0.15, -0.1) is 0 Å². The summed E-state index contributed by atoms with van der Waals surface area (Å²) in [5.74, 6) is 4.65. The molecule has 0 radical (unpaired) electrons. The molecule has 1 unspecified atom stereocenters. The first-order chi connectivity index (χ1) is 21.7. The van der Waals surface area contributed by atoms with Crippen LogP contribution in [-0.4, -0.2) is 96.1 Å². The van der Waals surface area contributed by atoms with Crippen LogP contribution in [0, 0.1) is 17.7 Å². The fourth-order valence-electron chi connectivity index (χ4n) is 5.84. The number of rotatable bonds is 6. The lowest BCUT2D eigenvalue weighted by atomic mass is 9.95. The zero-order valence-electron chi connectivity index (χ0n) is 25.0. The molecule has 0 saturated carbocycles. The van der Waals surface area contributed by atoms with Crippen molar-refractivity contribution >= 4 is 23.5 Å². The number of amides is 3. The van der Waals surface area contributed by atoms with E-state index in [0.717, 1.165) is 38.3 Å². The topological polar surface area (TPSA) is 127 Å². The largest absolute Gasteiger partial charge is 0.506 e. The molecule has 6 rings (SSSR count). The molecule has 3 N–H and O–H groups in total. The Labute approximate surface area is 260 Å². The Kier molecular flexibility index (Phi) is 8.03. The quantitative estimate of drug-likeness (QED) is 0.360. The van der Waals surface area contributed by atoms with Gasteiger partial charge in [0.2, 0.25) is 5.91 Å². The van der Waals surface area contributed by atoms with Crippen LogP contribution in [-0.2, 0) is 16.1 Å². The number of ether oxygens (including phenoxy) is 1. The minimum Gasteiger partial charge on any atom is -0.506 e. The van der Waals surface area contributed by atoms with Crippen molar-refractivity contribution in [3.05, 3.63) is 71.0 Å². The second-order valence-corrected chi connectivity index (χ2v) is 11.2. The molecule has 11 nitrogen and oxygen atoms in total. The first-order valence-electron chi connectivity index (χ1n) is 14.8. The lowest BCUT2D eigenvalue weighted by Crippen LogP contribution is -2.69. The predicted molar refractivity (Wildman–Crippen MR) is 164 cm³/mol. The van der Waals surface area contributed by atoms with Crippen LogP contribution < -0.4 is 20.3 Å². The van der Waals surface area contributed by atoms with Gasteiger partial charge in [-0.2, -0.15) is 0 Å². The summed E-state index contributed by atoms with van der Waals surface area (Å²) in [6, 6.07) is 12.6. The molecule has 2 fully saturated rings. The number of anilines is 1. The van der Waals surface area contributed by atoms with Crippen molar-refractivity contribution in [3.63, 3.8) is 0 Å². The fourth-order valence-corrected chi connectivity index (χ4v) is 5.84. The first-order valence-corrected chi connectivity index (χ1v) is 14.8. The summed E-state index contributed by atoms with van der Waals surface area (Å²) in [5, 5.41) is 15.8. The van der Waals surface area contributed by atoms with E-state index in [2.05, 4.69) is 44.2 Å². The third-order valence-electron chi connectivity index (χ3n) is 8.42. The molecule has 0 aliphatic carbocycles. The maximum atomic E-state index is 15.5. The van der Waals surface area contributed by atoms with Crippen molar-refractivity contribution in [2.75, 3.05) is 57.8 Å². The van der Waals surface area contributed by atoms with Gasteiger partial charge in [0.05, 0.1) is 20.2 Å². The fraction of sp³-hybridized carbons (Fsp3) is 0.333. The van der Waals surface area contributed by atoms with Crippen LogP contribution >= 0.6 is 0 Å². The molecular weight excluding hydrogens is 579 g/mol. The minimum atomic E-state index is -1.76. The number of nitrogens with one attached hydrogen (secondary N) is 2. The van der Waals surface area contributed by atoms with Gasteiger partial charge in [0.15, 0.2) is 5.54 Å². The molecule has 232 valence electrons. The van der Waals surface area contributed by atoms with Gasteiger partial charge in [0, 0.05) is 49.4 Å². The molecule has 12 heteroatoms. The van der Waals surface area contributed by atoms with Gasteiger partial charge in [-0.3, -0.25) is 14.4 Å². The molecule has 2 saturated heterocycles. The smallest absolute Gasteiger partial charge is 0.260 e. The minimum absolute atomic E-state index is 0.0985. The van der Waals surface area contributed by atoms with E-state index in [1.54, 1.807) is 30.3 Å². The van der Waals surface area contributed by atoms with Crippen LogP contribution in [0.2, 0.25) is 0 Å². The summed E-state index contributed by atoms with van der Waals surface area (Å²) in [7, 11) is 1.51. The van der Waals surface area contributed by atoms with E-state index >= 15 is 4.39 Å². The van der Waals surface area contributed by atoms with E-state index in [4.69, 9.17) is 4.74 Å². The second kappa shape index (κ2) is 12.1. The van der Waals surface area contributed by atoms with Crippen molar-refractivity contribution in [2.45, 2.75) is 19.0 Å². The normalized spacial score (nSPS) is 19.8. The third-order valence-corrected chi connectivity index (χ3v) is 8.42. The van der Waals surface area contributed by atoms with Gasteiger partial charge in [-0.25, -0.2) is 9.37 Å². The number of aromatic hydroxyl groups is 1. The lowest BCUT2D eigenvalue weighted by Gasteiger charge is -2.35. The molecule has 1 aromatic heterocycles.